The van der Waals surface area contributed by atoms with E-state index >= 15 is 0 Å². The van der Waals surface area contributed by atoms with Crippen molar-refractivity contribution >= 4 is 35.1 Å². The predicted octanol–water partition coefficient (Wildman–Crippen LogP) is 3.70. The van der Waals surface area contributed by atoms with Crippen LogP contribution < -0.4 is 10.2 Å². The summed E-state index contributed by atoms with van der Waals surface area (Å²) in [5.41, 5.74) is 0.724. The van der Waals surface area contributed by atoms with Gasteiger partial charge in [0.05, 0.1) is 11.2 Å². The summed E-state index contributed by atoms with van der Waals surface area (Å²) < 4.78 is 5.75. The second-order valence-corrected chi connectivity index (χ2v) is 8.67. The average Bonchev–Trinajstić information content (AvgIpc) is 3.30. The lowest BCUT2D eigenvalue weighted by molar-refractivity contribution is -0.121. The van der Waals surface area contributed by atoms with Crippen molar-refractivity contribution in [1.82, 2.24) is 25.2 Å². The Labute approximate surface area is 202 Å². The van der Waals surface area contributed by atoms with Crippen LogP contribution in [0.2, 0.25) is 10.0 Å². The molecule has 174 valence electrons. The van der Waals surface area contributed by atoms with Crippen molar-refractivity contribution in [2.24, 2.45) is 0 Å². The van der Waals surface area contributed by atoms with Crippen LogP contribution in [-0.4, -0.2) is 65.0 Å². The Bertz CT molecular complexity index is 1050. The molecule has 33 heavy (non-hydrogen) atoms. The monoisotopic (exact) mass is 488 g/mol. The summed E-state index contributed by atoms with van der Waals surface area (Å²) in [6.45, 7) is 5.37. The molecular weight excluding hydrogens is 463 g/mol. The highest BCUT2D eigenvalue weighted by atomic mass is 35.5. The predicted molar refractivity (Wildman–Crippen MR) is 129 cm³/mol. The summed E-state index contributed by atoms with van der Waals surface area (Å²) in [6, 6.07) is 7.02. The number of anilines is 1. The van der Waals surface area contributed by atoms with Crippen molar-refractivity contribution in [3.05, 3.63) is 58.8 Å². The topological polar surface area (TPSA) is 87.4 Å². The molecule has 0 spiro atoms. The van der Waals surface area contributed by atoms with E-state index in [9.17, 15) is 4.79 Å². The lowest BCUT2D eigenvalue weighted by Gasteiger charge is -2.34. The zero-order valence-corrected chi connectivity index (χ0v) is 19.7. The van der Waals surface area contributed by atoms with Crippen LogP contribution in [0.3, 0.4) is 0 Å². The van der Waals surface area contributed by atoms with E-state index in [0.717, 1.165) is 50.7 Å². The summed E-state index contributed by atoms with van der Waals surface area (Å²) in [4.78, 5) is 29.7. The molecule has 8 nitrogen and oxygen atoms in total. The molecule has 1 aromatic carbocycles. The van der Waals surface area contributed by atoms with Gasteiger partial charge in [-0.25, -0.2) is 15.0 Å². The summed E-state index contributed by atoms with van der Waals surface area (Å²) in [5.74, 6) is 1.85. The standard InChI is InChI=1S/C23H26Cl2N6O2/c24-17-3-4-18(19(25)15-17)20-16-29-22(33-20)6-5-21(32)26-9-2-10-30-11-13-31(14-12-30)23-27-7-1-8-28-23/h1,3-4,7-8,15-16H,2,5-6,9-14H2,(H,26,32). The smallest absolute Gasteiger partial charge is 0.225 e. The highest BCUT2D eigenvalue weighted by Gasteiger charge is 2.18. The van der Waals surface area contributed by atoms with E-state index < -0.39 is 0 Å². The van der Waals surface area contributed by atoms with Gasteiger partial charge in [-0.2, -0.15) is 0 Å². The van der Waals surface area contributed by atoms with E-state index in [1.165, 1.54) is 0 Å². The molecule has 3 heterocycles. The highest BCUT2D eigenvalue weighted by molar-refractivity contribution is 6.36. The summed E-state index contributed by atoms with van der Waals surface area (Å²) in [6.07, 6.45) is 6.82. The first-order valence-corrected chi connectivity index (χ1v) is 11.8. The van der Waals surface area contributed by atoms with Crippen LogP contribution in [0.4, 0.5) is 5.95 Å². The first kappa shape index (κ1) is 23.5. The number of hydrogen-bond donors (Lipinski definition) is 1. The molecule has 3 aromatic rings. The number of aromatic nitrogens is 3. The molecule has 0 unspecified atom stereocenters. The second-order valence-electron chi connectivity index (χ2n) is 7.82. The lowest BCUT2D eigenvalue weighted by Crippen LogP contribution is -2.47. The average molecular weight is 489 g/mol. The maximum atomic E-state index is 12.2. The van der Waals surface area contributed by atoms with Gasteiger partial charge < -0.3 is 14.6 Å². The first-order chi connectivity index (χ1) is 16.1. The van der Waals surface area contributed by atoms with Crippen LogP contribution in [0.5, 0.6) is 0 Å². The highest BCUT2D eigenvalue weighted by Crippen LogP contribution is 2.30. The number of halogens is 2. The molecule has 10 heteroatoms. The third-order valence-corrected chi connectivity index (χ3v) is 6.04. The summed E-state index contributed by atoms with van der Waals surface area (Å²) in [7, 11) is 0. The summed E-state index contributed by atoms with van der Waals surface area (Å²) >= 11 is 12.2. The van der Waals surface area contributed by atoms with Crippen molar-refractivity contribution in [3.63, 3.8) is 0 Å². The van der Waals surface area contributed by atoms with E-state index in [0.29, 0.717) is 41.1 Å². The molecule has 1 aliphatic heterocycles. The largest absolute Gasteiger partial charge is 0.441 e. The van der Waals surface area contributed by atoms with Gasteiger partial charge in [0.2, 0.25) is 11.9 Å². The van der Waals surface area contributed by atoms with E-state index in [4.69, 9.17) is 27.6 Å². The normalized spacial score (nSPS) is 14.4. The van der Waals surface area contributed by atoms with Gasteiger partial charge in [0.25, 0.3) is 0 Å². The van der Waals surface area contributed by atoms with Crippen molar-refractivity contribution in [2.75, 3.05) is 44.2 Å². The van der Waals surface area contributed by atoms with Crippen molar-refractivity contribution in [1.29, 1.82) is 0 Å². The SMILES string of the molecule is O=C(CCc1ncc(-c2ccc(Cl)cc2Cl)o1)NCCCN1CCN(c2ncccn2)CC1. The second kappa shape index (κ2) is 11.4. The van der Waals surface area contributed by atoms with E-state index in [1.54, 1.807) is 36.8 Å². The molecule has 1 saturated heterocycles. The number of nitrogens with one attached hydrogen (secondary N) is 1. The third-order valence-electron chi connectivity index (χ3n) is 5.50. The molecule has 0 atom stereocenters. The molecule has 1 aliphatic rings. The van der Waals surface area contributed by atoms with Crippen LogP contribution in [0.1, 0.15) is 18.7 Å². The maximum absolute atomic E-state index is 12.2. The molecule has 1 N–H and O–H groups in total. The number of rotatable bonds is 9. The van der Waals surface area contributed by atoms with Crippen LogP contribution in [-0.2, 0) is 11.2 Å². The molecule has 0 saturated carbocycles. The number of amides is 1. The Hall–Kier alpha value is -2.68. The minimum atomic E-state index is -0.00896. The zero-order chi connectivity index (χ0) is 23.0. The number of nitrogens with zero attached hydrogens (tertiary/aromatic N) is 5. The van der Waals surface area contributed by atoms with Crippen LogP contribution in [0, 0.1) is 0 Å². The van der Waals surface area contributed by atoms with Crippen LogP contribution in [0.25, 0.3) is 11.3 Å². The van der Waals surface area contributed by atoms with E-state index in [2.05, 4.69) is 30.1 Å². The van der Waals surface area contributed by atoms with Gasteiger partial charge >= 0.3 is 0 Å². The van der Waals surface area contributed by atoms with Gasteiger partial charge in [0, 0.05) is 68.5 Å². The Balaban J connectivity index is 1.12. The summed E-state index contributed by atoms with van der Waals surface area (Å²) in [5, 5.41) is 4.04. The Morgan fingerprint density at radius 1 is 1.09 bits per heavy atom. The van der Waals surface area contributed by atoms with E-state index in [1.807, 2.05) is 6.07 Å². The fourth-order valence-electron chi connectivity index (χ4n) is 3.70. The quantitative estimate of drug-likeness (QED) is 0.459. The maximum Gasteiger partial charge on any atom is 0.225 e. The Morgan fingerprint density at radius 2 is 1.88 bits per heavy atom. The van der Waals surface area contributed by atoms with Crippen LogP contribution >= 0.6 is 23.2 Å². The minimum Gasteiger partial charge on any atom is -0.441 e. The Morgan fingerprint density at radius 3 is 2.64 bits per heavy atom. The molecule has 0 radical (unpaired) electrons. The fourth-order valence-corrected chi connectivity index (χ4v) is 4.21. The molecule has 1 fully saturated rings. The van der Waals surface area contributed by atoms with Gasteiger partial charge in [-0.15, -0.1) is 0 Å². The lowest BCUT2D eigenvalue weighted by atomic mass is 10.2. The zero-order valence-electron chi connectivity index (χ0n) is 18.2. The molecular formula is C23H26Cl2N6O2. The molecule has 0 bridgehead atoms. The molecule has 2 aromatic heterocycles. The van der Waals surface area contributed by atoms with Crippen LogP contribution in [0.15, 0.2) is 47.3 Å². The van der Waals surface area contributed by atoms with Crippen molar-refractivity contribution in [2.45, 2.75) is 19.3 Å². The van der Waals surface area contributed by atoms with Crippen molar-refractivity contribution < 1.29 is 9.21 Å². The Kier molecular flexibility index (Phi) is 8.15. The van der Waals surface area contributed by atoms with Crippen molar-refractivity contribution in [3.8, 4) is 11.3 Å². The number of oxazole rings is 1. The number of aryl methyl sites for hydroxylation is 1. The molecule has 1 amide bonds. The number of carbonyl (C=O) groups is 1. The molecule has 4 rings (SSSR count). The number of benzene rings is 1. The minimum absolute atomic E-state index is 0.00896. The van der Waals surface area contributed by atoms with Gasteiger partial charge in [-0.05, 0) is 37.2 Å². The van der Waals surface area contributed by atoms with Gasteiger partial charge in [-0.3, -0.25) is 9.69 Å². The third kappa shape index (κ3) is 6.66. The fraction of sp³-hybridized carbons (Fsp3) is 0.391. The van der Waals surface area contributed by atoms with Gasteiger partial charge in [0.15, 0.2) is 11.7 Å². The number of piperazine rings is 1. The van der Waals surface area contributed by atoms with Gasteiger partial charge in [0.1, 0.15) is 0 Å². The number of carbonyl (C=O) groups excluding carboxylic acids is 1. The van der Waals surface area contributed by atoms with Gasteiger partial charge in [-0.1, -0.05) is 23.2 Å². The number of hydrogen-bond acceptors (Lipinski definition) is 7. The molecule has 0 aliphatic carbocycles. The van der Waals surface area contributed by atoms with E-state index in [-0.39, 0.29) is 5.91 Å². The first-order valence-electron chi connectivity index (χ1n) is 11.0.